The van der Waals surface area contributed by atoms with Crippen LogP contribution in [0.1, 0.15) is 13.8 Å². The maximum absolute atomic E-state index is 13.6. The van der Waals surface area contributed by atoms with Crippen molar-refractivity contribution < 1.29 is 9.79 Å². The van der Waals surface area contributed by atoms with Crippen molar-refractivity contribution in [1.82, 2.24) is 0 Å². The van der Waals surface area contributed by atoms with Gasteiger partial charge in [0.15, 0.2) is 0 Å². The average molecular weight is 382 g/mol. The van der Waals surface area contributed by atoms with E-state index in [1.807, 2.05) is 54.6 Å². The summed E-state index contributed by atoms with van der Waals surface area (Å²) in [5.74, 6) is 0. The van der Waals surface area contributed by atoms with E-state index in [4.69, 9.17) is 0 Å². The Morgan fingerprint density at radius 3 is 1.54 bits per heavy atom. The summed E-state index contributed by atoms with van der Waals surface area (Å²) < 4.78 is 0. The molecule has 3 aromatic carbocycles. The summed E-state index contributed by atoms with van der Waals surface area (Å²) in [6.45, 7) is 3.51. The fraction of sp³-hybridized carbons (Fsp3) is 0.182. The second-order valence-electron chi connectivity index (χ2n) is 6.44. The molecule has 0 atom stereocenters. The van der Waals surface area contributed by atoms with Gasteiger partial charge < -0.3 is 0 Å². The van der Waals surface area contributed by atoms with E-state index in [0.717, 1.165) is 15.9 Å². The van der Waals surface area contributed by atoms with E-state index >= 15 is 0 Å². The van der Waals surface area contributed by atoms with Crippen molar-refractivity contribution in [2.75, 3.05) is 12.3 Å². The van der Waals surface area contributed by atoms with E-state index in [0.29, 0.717) is 5.30 Å². The predicted octanol–water partition coefficient (Wildman–Crippen LogP) is 2.21. The van der Waals surface area contributed by atoms with Crippen molar-refractivity contribution in [3.8, 4) is 0 Å². The second kappa shape index (κ2) is 7.59. The summed E-state index contributed by atoms with van der Waals surface area (Å²) in [4.78, 5) is 27.2. The van der Waals surface area contributed by atoms with Crippen LogP contribution in [0.25, 0.3) is 0 Å². The number of hydrogen-bond acceptors (Lipinski definition) is 2. The average Bonchev–Trinajstić information content (AvgIpc) is 2.70. The molecule has 0 aliphatic heterocycles. The molecule has 0 saturated heterocycles. The minimum atomic E-state index is -4.42. The first-order valence-electron chi connectivity index (χ1n) is 8.95. The van der Waals surface area contributed by atoms with Crippen molar-refractivity contribution in [3.05, 3.63) is 84.9 Å². The van der Waals surface area contributed by atoms with Crippen LogP contribution >= 0.6 is 15.0 Å². The summed E-state index contributed by atoms with van der Waals surface area (Å²) in [6, 6.07) is 28.0. The van der Waals surface area contributed by atoms with Crippen LogP contribution in [0, 0.1) is 0 Å². The zero-order valence-corrected chi connectivity index (χ0v) is 17.0. The van der Waals surface area contributed by atoms with Crippen LogP contribution in [0.3, 0.4) is 0 Å². The van der Waals surface area contributed by atoms with Crippen LogP contribution < -0.4 is 31.0 Å². The van der Waals surface area contributed by atoms with Gasteiger partial charge in [-0.3, -0.25) is 0 Å². The van der Waals surface area contributed by atoms with Crippen LogP contribution in [0.2, 0.25) is 0 Å². The van der Waals surface area contributed by atoms with Crippen LogP contribution in [0.5, 0.6) is 0 Å². The van der Waals surface area contributed by atoms with Crippen molar-refractivity contribution in [3.63, 3.8) is 0 Å². The molecule has 0 fully saturated rings. The molecule has 0 radical (unpaired) electrons. The molecule has 0 aliphatic rings. The molecule has 136 valence electrons. The first-order chi connectivity index (χ1) is 12.5. The summed E-state index contributed by atoms with van der Waals surface area (Å²) in [5.41, 5.74) is 0. The molecule has 0 amide bonds. The van der Waals surface area contributed by atoms with E-state index in [1.165, 1.54) is 0 Å². The van der Waals surface area contributed by atoms with Gasteiger partial charge in [0, 0.05) is 0 Å². The zero-order chi connectivity index (χ0) is 18.6. The van der Waals surface area contributed by atoms with E-state index < -0.39 is 15.0 Å². The molecule has 3 aromatic rings. The van der Waals surface area contributed by atoms with Gasteiger partial charge in [0.1, 0.15) is 0 Å². The van der Waals surface area contributed by atoms with E-state index in [-0.39, 0.29) is 12.3 Å². The Labute approximate surface area is 157 Å². The first kappa shape index (κ1) is 19.2. The van der Waals surface area contributed by atoms with Crippen molar-refractivity contribution in [2.24, 2.45) is 0 Å². The molecule has 4 heteroatoms. The summed E-state index contributed by atoms with van der Waals surface area (Å²) in [5, 5.41) is 3.76. The quantitative estimate of drug-likeness (QED) is 0.614. The fourth-order valence-electron chi connectivity index (χ4n) is 3.22. The molecule has 0 bridgehead atoms. The van der Waals surface area contributed by atoms with Gasteiger partial charge in [-0.1, -0.05) is 0 Å². The molecule has 0 spiro atoms. The molecule has 0 N–H and O–H groups in total. The summed E-state index contributed by atoms with van der Waals surface area (Å²) in [6.07, 6.45) is 0.289. The van der Waals surface area contributed by atoms with Gasteiger partial charge in [-0.15, -0.1) is 0 Å². The van der Waals surface area contributed by atoms with E-state index in [9.17, 15) is 9.79 Å². The van der Waals surface area contributed by atoms with Gasteiger partial charge >= 0.3 is 157 Å². The second-order valence-corrected chi connectivity index (χ2v) is 13.0. The summed E-state index contributed by atoms with van der Waals surface area (Å²) in [7, 11) is -5.36. The Morgan fingerprint density at radius 2 is 1.08 bits per heavy atom. The molecular formula is C22H24O2P2-2. The minimum absolute atomic E-state index is 0.145. The van der Waals surface area contributed by atoms with Crippen molar-refractivity contribution in [2.45, 2.75) is 13.8 Å². The third kappa shape index (κ3) is 3.61. The molecular weight excluding hydrogens is 358 g/mol. The van der Waals surface area contributed by atoms with E-state index in [2.05, 4.69) is 24.3 Å². The SMILES string of the molecule is CCP([O-])([O-])(CC)c1ccccc1P(c1ccccc1)c1ccccc1. The summed E-state index contributed by atoms with van der Waals surface area (Å²) >= 11 is 0. The van der Waals surface area contributed by atoms with Crippen LogP contribution in [-0.2, 0) is 0 Å². The number of benzene rings is 3. The molecule has 0 saturated carbocycles. The maximum atomic E-state index is 13.6. The molecule has 0 aliphatic carbocycles. The van der Waals surface area contributed by atoms with Gasteiger partial charge in [0.25, 0.3) is 0 Å². The Hall–Kier alpha value is -1.56. The van der Waals surface area contributed by atoms with Gasteiger partial charge in [0.05, 0.1) is 0 Å². The van der Waals surface area contributed by atoms with Gasteiger partial charge in [-0.2, -0.15) is 0 Å². The standard InChI is InChI=1S/C22H24O2P2/c1-3-26(23,24,4-2)22-18-12-11-17-21(22)25(19-13-7-5-8-14-19)20-15-9-6-10-16-20/h5-18H,3-4H2,1-2H3/q-2. The Balaban J connectivity index is 2.28. The van der Waals surface area contributed by atoms with Gasteiger partial charge in [-0.25, -0.2) is 0 Å². The number of rotatable bonds is 6. The monoisotopic (exact) mass is 382 g/mol. The van der Waals surface area contributed by atoms with Crippen LogP contribution in [-0.4, -0.2) is 12.3 Å². The van der Waals surface area contributed by atoms with Crippen molar-refractivity contribution in [1.29, 1.82) is 0 Å². The van der Waals surface area contributed by atoms with Crippen LogP contribution in [0.4, 0.5) is 0 Å². The van der Waals surface area contributed by atoms with Gasteiger partial charge in [0.2, 0.25) is 0 Å². The predicted molar refractivity (Wildman–Crippen MR) is 113 cm³/mol. The van der Waals surface area contributed by atoms with Gasteiger partial charge in [-0.05, 0) is 0 Å². The zero-order valence-electron chi connectivity index (χ0n) is 15.2. The van der Waals surface area contributed by atoms with E-state index in [1.54, 1.807) is 19.9 Å². The molecule has 0 heterocycles. The first-order valence-corrected chi connectivity index (χ1v) is 12.7. The Kier molecular flexibility index (Phi) is 5.61. The molecule has 3 rings (SSSR count). The third-order valence-electron chi connectivity index (χ3n) is 4.97. The Bertz CT molecular complexity index is 816. The number of hydrogen-bond donors (Lipinski definition) is 0. The molecule has 0 unspecified atom stereocenters. The third-order valence-corrected chi connectivity index (χ3v) is 11.7. The topological polar surface area (TPSA) is 46.1 Å². The Morgan fingerprint density at radius 1 is 0.654 bits per heavy atom. The van der Waals surface area contributed by atoms with Crippen LogP contribution in [0.15, 0.2) is 84.9 Å². The van der Waals surface area contributed by atoms with Crippen molar-refractivity contribution >= 4 is 36.2 Å². The molecule has 26 heavy (non-hydrogen) atoms. The fourth-order valence-corrected chi connectivity index (χ4v) is 8.66. The molecule has 0 aromatic heterocycles. The molecule has 2 nitrogen and oxygen atoms in total. The normalized spacial score (nSPS) is 13.3.